The number of hydrogen-bond donors (Lipinski definition) is 2. The topological polar surface area (TPSA) is 72.2 Å². The van der Waals surface area contributed by atoms with Crippen LogP contribution in [0.3, 0.4) is 0 Å². The first kappa shape index (κ1) is 12.2. The van der Waals surface area contributed by atoms with Crippen LogP contribution in [0.5, 0.6) is 0 Å². The van der Waals surface area contributed by atoms with Gasteiger partial charge in [0.05, 0.1) is 11.0 Å². The van der Waals surface area contributed by atoms with E-state index in [1.165, 1.54) is 0 Å². The number of hydrogen-bond acceptors (Lipinski definition) is 4. The van der Waals surface area contributed by atoms with Crippen molar-refractivity contribution in [2.24, 2.45) is 0 Å². The monoisotopic (exact) mass is 254 g/mol. The van der Waals surface area contributed by atoms with Gasteiger partial charge in [0, 0.05) is 17.9 Å². The van der Waals surface area contributed by atoms with Crippen molar-refractivity contribution < 1.29 is 8.42 Å². The molecule has 1 aromatic rings. The zero-order valence-electron chi connectivity index (χ0n) is 9.94. The smallest absolute Gasteiger partial charge is 0.154 e. The Bertz CT molecular complexity index is 511. The summed E-state index contributed by atoms with van der Waals surface area (Å²) in [4.78, 5) is 0. The van der Waals surface area contributed by atoms with Gasteiger partial charge in [-0.25, -0.2) is 8.42 Å². The summed E-state index contributed by atoms with van der Waals surface area (Å²) in [5.74, 6) is 0.333. The van der Waals surface area contributed by atoms with Crippen molar-refractivity contribution in [1.29, 1.82) is 0 Å². The number of nitrogens with two attached hydrogens (primary N) is 1. The third-order valence-corrected chi connectivity index (χ3v) is 5.51. The molecule has 0 bridgehead atoms. The number of sulfone groups is 1. The summed E-state index contributed by atoms with van der Waals surface area (Å²) in [5.41, 5.74) is 8.39. The Balaban J connectivity index is 2.03. The molecule has 3 N–H and O–H groups in total. The lowest BCUT2D eigenvalue weighted by molar-refractivity contribution is 0.591. The molecule has 1 aliphatic rings. The van der Waals surface area contributed by atoms with Gasteiger partial charge in [-0.15, -0.1) is 0 Å². The lowest BCUT2D eigenvalue weighted by atomic mass is 10.1. The average Bonchev–Trinajstić information content (AvgIpc) is 2.57. The molecule has 1 saturated heterocycles. The van der Waals surface area contributed by atoms with Gasteiger partial charge in [0.2, 0.25) is 0 Å². The van der Waals surface area contributed by atoms with E-state index in [4.69, 9.17) is 5.73 Å². The van der Waals surface area contributed by atoms with Crippen LogP contribution >= 0.6 is 0 Å². The molecule has 1 heterocycles. The normalized spacial score (nSPS) is 22.5. The second-order valence-electron chi connectivity index (χ2n) is 4.59. The van der Waals surface area contributed by atoms with Crippen LogP contribution < -0.4 is 11.1 Å². The molecule has 4 nitrogen and oxygen atoms in total. The van der Waals surface area contributed by atoms with Gasteiger partial charge < -0.3 is 11.1 Å². The Kier molecular flexibility index (Phi) is 3.28. The van der Waals surface area contributed by atoms with Gasteiger partial charge in [0.25, 0.3) is 0 Å². The van der Waals surface area contributed by atoms with Gasteiger partial charge in [0.15, 0.2) is 9.84 Å². The van der Waals surface area contributed by atoms with Crippen molar-refractivity contribution in [2.75, 3.05) is 23.3 Å². The highest BCUT2D eigenvalue weighted by Crippen LogP contribution is 2.22. The molecular weight excluding hydrogens is 236 g/mol. The molecule has 1 unspecified atom stereocenters. The van der Waals surface area contributed by atoms with Crippen LogP contribution in [0, 0.1) is 6.92 Å². The molecule has 17 heavy (non-hydrogen) atoms. The summed E-state index contributed by atoms with van der Waals surface area (Å²) >= 11 is 0. The second kappa shape index (κ2) is 4.56. The van der Waals surface area contributed by atoms with Crippen LogP contribution in [0.25, 0.3) is 0 Å². The molecule has 1 fully saturated rings. The van der Waals surface area contributed by atoms with Crippen molar-refractivity contribution >= 4 is 21.2 Å². The fourth-order valence-electron chi connectivity index (χ4n) is 2.20. The summed E-state index contributed by atoms with van der Waals surface area (Å²) < 4.78 is 23.3. The predicted octanol–water partition coefficient (Wildman–Crippen LogP) is 1.57. The van der Waals surface area contributed by atoms with Gasteiger partial charge in [-0.05, 0) is 43.5 Å². The summed E-state index contributed by atoms with van der Waals surface area (Å²) in [5, 5.41) is 2.97. The molecular formula is C12H18N2O2S. The van der Waals surface area contributed by atoms with Crippen LogP contribution in [0.4, 0.5) is 11.4 Å². The highest BCUT2D eigenvalue weighted by Gasteiger charge is 2.30. The SMILES string of the molecule is Cc1cc(N)ccc1NCC1CCCS1(=O)=O. The summed E-state index contributed by atoms with van der Waals surface area (Å²) in [6, 6.07) is 5.59. The maximum Gasteiger partial charge on any atom is 0.154 e. The van der Waals surface area contributed by atoms with E-state index in [9.17, 15) is 8.42 Å². The third kappa shape index (κ3) is 2.72. The van der Waals surface area contributed by atoms with Gasteiger partial charge in [-0.1, -0.05) is 0 Å². The second-order valence-corrected chi connectivity index (χ2v) is 6.99. The molecule has 0 aliphatic carbocycles. The molecule has 0 spiro atoms. The average molecular weight is 254 g/mol. The fraction of sp³-hybridized carbons (Fsp3) is 0.500. The third-order valence-electron chi connectivity index (χ3n) is 3.23. The first-order valence-corrected chi connectivity index (χ1v) is 7.52. The van der Waals surface area contributed by atoms with Gasteiger partial charge in [0.1, 0.15) is 0 Å². The molecule has 5 heteroatoms. The van der Waals surface area contributed by atoms with Crippen molar-refractivity contribution in [2.45, 2.75) is 25.0 Å². The molecule has 0 aromatic heterocycles. The lowest BCUT2D eigenvalue weighted by Gasteiger charge is -2.14. The van der Waals surface area contributed by atoms with E-state index in [1.807, 2.05) is 25.1 Å². The van der Waals surface area contributed by atoms with E-state index >= 15 is 0 Å². The Morgan fingerprint density at radius 3 is 2.82 bits per heavy atom. The van der Waals surface area contributed by atoms with Gasteiger partial charge >= 0.3 is 0 Å². The van der Waals surface area contributed by atoms with Crippen LogP contribution in [0.15, 0.2) is 18.2 Å². The minimum Gasteiger partial charge on any atom is -0.399 e. The minimum absolute atomic E-state index is 0.237. The van der Waals surface area contributed by atoms with E-state index in [-0.39, 0.29) is 5.25 Å². The number of aryl methyl sites for hydroxylation is 1. The molecule has 1 aromatic carbocycles. The fourth-order valence-corrected chi connectivity index (χ4v) is 3.96. The Labute approximate surface area is 102 Å². The van der Waals surface area contributed by atoms with Crippen molar-refractivity contribution in [3.8, 4) is 0 Å². The van der Waals surface area contributed by atoms with E-state index in [2.05, 4.69) is 5.32 Å². The highest BCUT2D eigenvalue weighted by atomic mass is 32.2. The Hall–Kier alpha value is -1.23. The molecule has 1 atom stereocenters. The quantitative estimate of drug-likeness (QED) is 0.803. The van der Waals surface area contributed by atoms with E-state index in [1.54, 1.807) is 0 Å². The lowest BCUT2D eigenvalue weighted by Crippen LogP contribution is -2.25. The molecule has 2 rings (SSSR count). The minimum atomic E-state index is -2.87. The van der Waals surface area contributed by atoms with Gasteiger partial charge in [-0.3, -0.25) is 0 Å². The number of nitrogens with one attached hydrogen (secondary N) is 1. The van der Waals surface area contributed by atoms with Crippen molar-refractivity contribution in [1.82, 2.24) is 0 Å². The molecule has 0 saturated carbocycles. The maximum atomic E-state index is 11.7. The first-order valence-electron chi connectivity index (χ1n) is 5.80. The van der Waals surface area contributed by atoms with Crippen LogP contribution in [-0.4, -0.2) is 26.0 Å². The summed E-state index contributed by atoms with van der Waals surface area (Å²) in [6.07, 6.45) is 1.55. The van der Waals surface area contributed by atoms with Crippen LogP contribution in [0.1, 0.15) is 18.4 Å². The van der Waals surface area contributed by atoms with E-state index in [0.29, 0.717) is 12.3 Å². The zero-order valence-corrected chi connectivity index (χ0v) is 10.8. The largest absolute Gasteiger partial charge is 0.399 e. The Morgan fingerprint density at radius 1 is 1.47 bits per heavy atom. The van der Waals surface area contributed by atoms with Gasteiger partial charge in [-0.2, -0.15) is 0 Å². The number of rotatable bonds is 3. The van der Waals surface area contributed by atoms with Crippen LogP contribution in [-0.2, 0) is 9.84 Å². The van der Waals surface area contributed by atoms with E-state index < -0.39 is 9.84 Å². The number of nitrogen functional groups attached to an aromatic ring is 1. The van der Waals surface area contributed by atoms with Crippen molar-refractivity contribution in [3.63, 3.8) is 0 Å². The molecule has 0 amide bonds. The standard InChI is InChI=1S/C12H18N2O2S/c1-9-7-10(13)4-5-12(9)14-8-11-3-2-6-17(11,15)16/h4-5,7,11,14H,2-3,6,8,13H2,1H3. The summed E-state index contributed by atoms with van der Waals surface area (Å²) in [6.45, 7) is 2.45. The predicted molar refractivity (Wildman–Crippen MR) is 70.9 cm³/mol. The molecule has 1 aliphatic heterocycles. The maximum absolute atomic E-state index is 11.7. The zero-order chi connectivity index (χ0) is 12.5. The van der Waals surface area contributed by atoms with E-state index in [0.717, 1.165) is 29.8 Å². The van der Waals surface area contributed by atoms with Crippen molar-refractivity contribution in [3.05, 3.63) is 23.8 Å². The number of benzene rings is 1. The number of anilines is 2. The highest BCUT2D eigenvalue weighted by molar-refractivity contribution is 7.92. The first-order chi connectivity index (χ1) is 7.99. The molecule has 94 valence electrons. The Morgan fingerprint density at radius 2 is 2.24 bits per heavy atom. The molecule has 0 radical (unpaired) electrons. The van der Waals surface area contributed by atoms with Crippen LogP contribution in [0.2, 0.25) is 0 Å². The summed E-state index contributed by atoms with van der Waals surface area (Å²) in [7, 11) is -2.87.